The first-order valence-corrected chi connectivity index (χ1v) is 11.1. The lowest BCUT2D eigenvalue weighted by Crippen LogP contribution is -2.45. The minimum Gasteiger partial charge on any atom is -0.444 e. The third-order valence-electron chi connectivity index (χ3n) is 5.96. The van der Waals surface area contributed by atoms with Crippen molar-refractivity contribution in [2.45, 2.75) is 66.2 Å². The van der Waals surface area contributed by atoms with Crippen molar-refractivity contribution < 1.29 is 9.53 Å². The third kappa shape index (κ3) is 4.29. The highest BCUT2D eigenvalue weighted by atomic mass is 16.6. The molecule has 0 aromatic carbocycles. The molecule has 31 heavy (non-hydrogen) atoms. The van der Waals surface area contributed by atoms with Crippen molar-refractivity contribution in [2.75, 3.05) is 24.5 Å². The van der Waals surface area contributed by atoms with Crippen LogP contribution < -0.4 is 10.6 Å². The molecular weight excluding hydrogens is 394 g/mol. The van der Waals surface area contributed by atoms with Crippen molar-refractivity contribution in [1.82, 2.24) is 19.0 Å². The lowest BCUT2D eigenvalue weighted by Gasteiger charge is -2.34. The molecule has 0 N–H and O–H groups in total. The summed E-state index contributed by atoms with van der Waals surface area (Å²) in [5.41, 5.74) is 1.03. The van der Waals surface area contributed by atoms with Crippen LogP contribution in [-0.4, -0.2) is 56.4 Å². The van der Waals surface area contributed by atoms with E-state index in [9.17, 15) is 9.59 Å². The van der Waals surface area contributed by atoms with E-state index in [0.717, 1.165) is 37.4 Å². The van der Waals surface area contributed by atoms with Gasteiger partial charge in [-0.25, -0.2) is 14.6 Å². The molecule has 8 nitrogen and oxygen atoms in total. The van der Waals surface area contributed by atoms with Crippen molar-refractivity contribution in [3.05, 3.63) is 22.6 Å². The van der Waals surface area contributed by atoms with E-state index in [1.807, 2.05) is 42.4 Å². The number of nitrogens with zero attached hydrogens (tertiary/aromatic N) is 5. The number of ether oxygens (including phenoxy) is 1. The van der Waals surface area contributed by atoms with Crippen LogP contribution in [0.3, 0.4) is 0 Å². The number of carbonyl (C=O) groups excluding carboxylic acids is 1. The summed E-state index contributed by atoms with van der Waals surface area (Å²) in [5.74, 6) is 1.26. The van der Waals surface area contributed by atoms with Gasteiger partial charge in [-0.05, 0) is 50.7 Å². The Hall–Kier alpha value is -2.51. The number of hydrogen-bond donors (Lipinski definition) is 0. The molecule has 2 saturated heterocycles. The lowest BCUT2D eigenvalue weighted by molar-refractivity contribution is 0.0233. The van der Waals surface area contributed by atoms with E-state index in [1.54, 1.807) is 11.6 Å². The van der Waals surface area contributed by atoms with E-state index in [-0.39, 0.29) is 23.2 Å². The van der Waals surface area contributed by atoms with Gasteiger partial charge in [0.05, 0.1) is 11.6 Å². The molecule has 2 aliphatic heterocycles. The Morgan fingerprint density at radius 2 is 1.84 bits per heavy atom. The van der Waals surface area contributed by atoms with Crippen LogP contribution >= 0.6 is 0 Å². The summed E-state index contributed by atoms with van der Waals surface area (Å²) in [6.45, 7) is 15.0. The van der Waals surface area contributed by atoms with E-state index in [0.29, 0.717) is 18.1 Å². The van der Waals surface area contributed by atoms with E-state index >= 15 is 0 Å². The van der Waals surface area contributed by atoms with E-state index in [1.165, 1.54) is 0 Å². The third-order valence-corrected chi connectivity index (χ3v) is 5.96. The predicted octanol–water partition coefficient (Wildman–Crippen LogP) is 3.23. The van der Waals surface area contributed by atoms with Gasteiger partial charge in [-0.15, -0.1) is 0 Å². The highest BCUT2D eigenvalue weighted by Crippen LogP contribution is 2.33. The number of likely N-dealkylation sites (tertiary alicyclic amines) is 1. The molecule has 4 rings (SSSR count). The number of carbonyl (C=O) groups is 1. The summed E-state index contributed by atoms with van der Waals surface area (Å²) < 4.78 is 9.06. The molecule has 0 aliphatic carbocycles. The summed E-state index contributed by atoms with van der Waals surface area (Å²) in [4.78, 5) is 34.5. The maximum absolute atomic E-state index is 12.8. The van der Waals surface area contributed by atoms with Crippen LogP contribution in [0.15, 0.2) is 16.9 Å². The zero-order chi connectivity index (χ0) is 22.7. The smallest absolute Gasteiger partial charge is 0.410 e. The van der Waals surface area contributed by atoms with Crippen molar-refractivity contribution in [3.8, 4) is 0 Å². The van der Waals surface area contributed by atoms with Crippen molar-refractivity contribution >= 4 is 23.1 Å². The number of anilines is 1. The number of piperidine rings is 1. The number of imidazole rings is 1. The molecule has 170 valence electrons. The van der Waals surface area contributed by atoms with Crippen LogP contribution in [0.5, 0.6) is 0 Å². The van der Waals surface area contributed by atoms with Gasteiger partial charge in [-0.3, -0.25) is 9.13 Å². The predicted molar refractivity (Wildman–Crippen MR) is 121 cm³/mol. The fourth-order valence-electron chi connectivity index (χ4n) is 4.76. The largest absolute Gasteiger partial charge is 0.444 e. The molecule has 2 bridgehead atoms. The minimum atomic E-state index is -0.495. The molecule has 0 spiro atoms. The van der Waals surface area contributed by atoms with Crippen LogP contribution in [0.25, 0.3) is 11.2 Å². The molecule has 0 saturated carbocycles. The van der Waals surface area contributed by atoms with Gasteiger partial charge in [-0.2, -0.15) is 0 Å². The van der Waals surface area contributed by atoms with Crippen molar-refractivity contribution in [3.63, 3.8) is 0 Å². The highest BCUT2D eigenvalue weighted by Gasteiger charge is 2.42. The molecule has 2 atom stereocenters. The summed E-state index contributed by atoms with van der Waals surface area (Å²) in [5, 5.41) is 0. The summed E-state index contributed by atoms with van der Waals surface area (Å²) >= 11 is 0. The van der Waals surface area contributed by atoms with Crippen LogP contribution in [0.2, 0.25) is 0 Å². The molecule has 2 aliphatic rings. The van der Waals surface area contributed by atoms with Crippen LogP contribution in [0, 0.1) is 11.3 Å². The van der Waals surface area contributed by atoms with Crippen molar-refractivity contribution in [1.29, 1.82) is 0 Å². The maximum Gasteiger partial charge on any atom is 0.410 e. The van der Waals surface area contributed by atoms with Crippen molar-refractivity contribution in [2.24, 2.45) is 18.4 Å². The number of pyridine rings is 1. The molecule has 2 fully saturated rings. The van der Waals surface area contributed by atoms with Gasteiger partial charge in [0, 0.05) is 33.2 Å². The zero-order valence-electron chi connectivity index (χ0n) is 19.8. The fourth-order valence-corrected chi connectivity index (χ4v) is 4.76. The van der Waals surface area contributed by atoms with Gasteiger partial charge in [0.15, 0.2) is 5.65 Å². The van der Waals surface area contributed by atoms with Gasteiger partial charge in [0.1, 0.15) is 11.4 Å². The van der Waals surface area contributed by atoms with E-state index in [4.69, 9.17) is 9.72 Å². The van der Waals surface area contributed by atoms with Gasteiger partial charge < -0.3 is 14.5 Å². The van der Waals surface area contributed by atoms with Crippen LogP contribution in [0.1, 0.15) is 48.0 Å². The van der Waals surface area contributed by atoms with Gasteiger partial charge in [-0.1, -0.05) is 20.8 Å². The normalized spacial score (nSPS) is 21.8. The second kappa shape index (κ2) is 7.28. The first-order chi connectivity index (χ1) is 14.3. The Morgan fingerprint density at radius 3 is 2.48 bits per heavy atom. The molecule has 1 amide bonds. The van der Waals surface area contributed by atoms with E-state index in [2.05, 4.69) is 25.7 Å². The summed E-state index contributed by atoms with van der Waals surface area (Å²) in [7, 11) is 1.78. The monoisotopic (exact) mass is 429 g/mol. The Kier molecular flexibility index (Phi) is 5.10. The topological polar surface area (TPSA) is 72.6 Å². The van der Waals surface area contributed by atoms with Crippen LogP contribution in [0.4, 0.5) is 10.6 Å². The Balaban J connectivity index is 1.59. The SMILES string of the molecule is Cn1c(=O)n(CC(C)(C)C)c2ccc(N3CC4CC(C3)N(C(=O)OC(C)(C)C)C4)nc21. The zero-order valence-corrected chi connectivity index (χ0v) is 19.8. The number of aryl methyl sites for hydroxylation is 1. The number of amides is 1. The summed E-state index contributed by atoms with van der Waals surface area (Å²) in [6, 6.07) is 4.14. The number of rotatable bonds is 2. The molecule has 8 heteroatoms. The molecule has 4 heterocycles. The maximum atomic E-state index is 12.8. The average Bonchev–Trinajstić information content (AvgIpc) is 3.07. The standard InChI is InChI=1S/C23H35N5O3/c1-22(2,3)14-28-17-8-9-18(24-19(17)25(7)20(28)29)26-11-15-10-16(13-26)27(12-15)21(30)31-23(4,5)6/h8-9,15-16H,10-14H2,1-7H3. The molecule has 2 unspecified atom stereocenters. The number of hydrogen-bond acceptors (Lipinski definition) is 5. The Morgan fingerprint density at radius 1 is 1.13 bits per heavy atom. The van der Waals surface area contributed by atoms with Gasteiger partial charge in [0.2, 0.25) is 0 Å². The van der Waals surface area contributed by atoms with Crippen LogP contribution in [-0.2, 0) is 18.3 Å². The first kappa shape index (κ1) is 21.7. The van der Waals surface area contributed by atoms with Gasteiger partial charge >= 0.3 is 11.8 Å². The summed E-state index contributed by atoms with van der Waals surface area (Å²) in [6.07, 6.45) is 0.769. The molecule has 0 radical (unpaired) electrons. The fraction of sp³-hybridized carbons (Fsp3) is 0.696. The molecule has 2 aromatic rings. The second-order valence-corrected chi connectivity index (χ2v) is 11.3. The molecule has 2 aromatic heterocycles. The second-order valence-electron chi connectivity index (χ2n) is 11.3. The average molecular weight is 430 g/mol. The van der Waals surface area contributed by atoms with Gasteiger partial charge in [0.25, 0.3) is 0 Å². The lowest BCUT2D eigenvalue weighted by atomic mass is 9.97. The number of fused-ring (bicyclic) bond motifs is 3. The Bertz CT molecular complexity index is 1060. The Labute approximate surface area is 183 Å². The number of aromatic nitrogens is 3. The quantitative estimate of drug-likeness (QED) is 0.733. The highest BCUT2D eigenvalue weighted by molar-refractivity contribution is 5.74. The molecular formula is C23H35N5O3. The van der Waals surface area contributed by atoms with E-state index < -0.39 is 5.60 Å². The first-order valence-electron chi connectivity index (χ1n) is 11.1. The minimum absolute atomic E-state index is 0.00598.